The van der Waals surface area contributed by atoms with Gasteiger partial charge in [0.25, 0.3) is 0 Å². The summed E-state index contributed by atoms with van der Waals surface area (Å²) in [7, 11) is 3.35. The van der Waals surface area contributed by atoms with E-state index in [0.717, 1.165) is 62.4 Å². The summed E-state index contributed by atoms with van der Waals surface area (Å²) in [6.07, 6.45) is 4.29. The number of rotatable bonds is 5. The van der Waals surface area contributed by atoms with Gasteiger partial charge in [-0.25, -0.2) is 4.79 Å². The standard InChI is InChI=1S/C22H34N2O4/c1-21(2,3)28-20(25)24-11-10-22(15-24)9-8-17(13-22)23-14-16-6-7-18(26-4)12-19(16)27-5/h6-7,12,17,23H,8-11,13-15H2,1-5H3. The molecular weight excluding hydrogens is 356 g/mol. The zero-order valence-electron chi connectivity index (χ0n) is 17.8. The zero-order chi connectivity index (χ0) is 20.4. The number of ether oxygens (including phenoxy) is 3. The Morgan fingerprint density at radius 2 is 2.04 bits per heavy atom. The minimum absolute atomic E-state index is 0.177. The van der Waals surface area contributed by atoms with Crippen molar-refractivity contribution in [3.63, 3.8) is 0 Å². The lowest BCUT2D eigenvalue weighted by molar-refractivity contribution is 0.0273. The van der Waals surface area contributed by atoms with Crippen molar-refractivity contribution in [1.29, 1.82) is 0 Å². The second-order valence-corrected chi connectivity index (χ2v) is 9.15. The van der Waals surface area contributed by atoms with Crippen LogP contribution in [0.4, 0.5) is 4.79 Å². The molecular formula is C22H34N2O4. The van der Waals surface area contributed by atoms with Crippen LogP contribution in [0, 0.1) is 5.41 Å². The molecule has 1 aromatic rings. The van der Waals surface area contributed by atoms with E-state index in [4.69, 9.17) is 14.2 Å². The number of benzene rings is 1. The Balaban J connectivity index is 1.53. The molecule has 1 amide bonds. The number of carbonyl (C=O) groups is 1. The van der Waals surface area contributed by atoms with Crippen molar-refractivity contribution in [1.82, 2.24) is 10.2 Å². The first-order valence-corrected chi connectivity index (χ1v) is 10.2. The molecule has 28 heavy (non-hydrogen) atoms. The van der Waals surface area contributed by atoms with E-state index < -0.39 is 5.60 Å². The highest BCUT2D eigenvalue weighted by Crippen LogP contribution is 2.45. The fourth-order valence-corrected chi connectivity index (χ4v) is 4.42. The van der Waals surface area contributed by atoms with E-state index in [1.807, 2.05) is 37.8 Å². The molecule has 3 rings (SSSR count). The number of carbonyl (C=O) groups excluding carboxylic acids is 1. The van der Waals surface area contributed by atoms with Crippen LogP contribution in [0.25, 0.3) is 0 Å². The molecule has 1 saturated heterocycles. The highest BCUT2D eigenvalue weighted by Gasteiger charge is 2.45. The Morgan fingerprint density at radius 1 is 1.25 bits per heavy atom. The fraction of sp³-hybridized carbons (Fsp3) is 0.682. The number of amides is 1. The molecule has 1 aliphatic heterocycles. The predicted molar refractivity (Wildman–Crippen MR) is 109 cm³/mol. The predicted octanol–water partition coefficient (Wildman–Crippen LogP) is 3.97. The van der Waals surface area contributed by atoms with Crippen molar-refractivity contribution >= 4 is 6.09 Å². The van der Waals surface area contributed by atoms with Crippen molar-refractivity contribution in [2.24, 2.45) is 5.41 Å². The second-order valence-electron chi connectivity index (χ2n) is 9.15. The van der Waals surface area contributed by atoms with Gasteiger partial charge in [0.15, 0.2) is 0 Å². The van der Waals surface area contributed by atoms with Gasteiger partial charge in [-0.15, -0.1) is 0 Å². The molecule has 156 valence electrons. The first kappa shape index (κ1) is 20.8. The van der Waals surface area contributed by atoms with Gasteiger partial charge in [-0.2, -0.15) is 0 Å². The highest BCUT2D eigenvalue weighted by molar-refractivity contribution is 5.68. The SMILES string of the molecule is COc1ccc(CNC2CCC3(CCN(C(=O)OC(C)(C)C)C3)C2)c(OC)c1. The van der Waals surface area contributed by atoms with E-state index in [9.17, 15) is 4.79 Å². The van der Waals surface area contributed by atoms with Gasteiger partial charge in [-0.1, -0.05) is 6.07 Å². The number of hydrogen-bond donors (Lipinski definition) is 1. The maximum Gasteiger partial charge on any atom is 0.410 e. The van der Waals surface area contributed by atoms with Crippen molar-refractivity contribution in [2.75, 3.05) is 27.3 Å². The van der Waals surface area contributed by atoms with Crippen molar-refractivity contribution in [2.45, 2.75) is 64.6 Å². The molecule has 1 aliphatic carbocycles. The number of nitrogens with zero attached hydrogens (tertiary/aromatic N) is 1. The van der Waals surface area contributed by atoms with E-state index in [-0.39, 0.29) is 11.5 Å². The van der Waals surface area contributed by atoms with Crippen LogP contribution in [0.5, 0.6) is 11.5 Å². The van der Waals surface area contributed by atoms with Gasteiger partial charge in [0.05, 0.1) is 14.2 Å². The third kappa shape index (κ3) is 4.90. The molecule has 2 atom stereocenters. The summed E-state index contributed by atoms with van der Waals surface area (Å²) in [5.41, 5.74) is 0.925. The lowest BCUT2D eigenvalue weighted by atomic mass is 9.85. The monoisotopic (exact) mass is 390 g/mol. The number of methoxy groups -OCH3 is 2. The Hall–Kier alpha value is -1.95. The molecule has 1 heterocycles. The summed E-state index contributed by atoms with van der Waals surface area (Å²) in [5, 5.41) is 3.69. The first-order chi connectivity index (χ1) is 13.2. The quantitative estimate of drug-likeness (QED) is 0.824. The largest absolute Gasteiger partial charge is 0.497 e. The molecule has 1 saturated carbocycles. The summed E-state index contributed by atoms with van der Waals surface area (Å²) >= 11 is 0. The summed E-state index contributed by atoms with van der Waals surface area (Å²) in [6.45, 7) is 8.13. The maximum atomic E-state index is 12.4. The maximum absolute atomic E-state index is 12.4. The second kappa shape index (κ2) is 8.19. The molecule has 1 spiro atoms. The fourth-order valence-electron chi connectivity index (χ4n) is 4.42. The molecule has 0 bridgehead atoms. The van der Waals surface area contributed by atoms with Crippen LogP contribution in [-0.4, -0.2) is 49.9 Å². The van der Waals surface area contributed by atoms with E-state index in [0.29, 0.717) is 6.04 Å². The van der Waals surface area contributed by atoms with Crippen molar-refractivity contribution < 1.29 is 19.0 Å². The van der Waals surface area contributed by atoms with E-state index in [1.54, 1.807) is 14.2 Å². The zero-order valence-corrected chi connectivity index (χ0v) is 17.8. The molecule has 6 heteroatoms. The lowest BCUT2D eigenvalue weighted by Gasteiger charge is -2.27. The van der Waals surface area contributed by atoms with Gasteiger partial charge in [-0.05, 0) is 57.9 Å². The topological polar surface area (TPSA) is 60.0 Å². The average Bonchev–Trinajstić information content (AvgIpc) is 3.25. The Morgan fingerprint density at radius 3 is 2.71 bits per heavy atom. The van der Waals surface area contributed by atoms with Crippen LogP contribution in [0.2, 0.25) is 0 Å². The lowest BCUT2D eigenvalue weighted by Crippen LogP contribution is -2.37. The highest BCUT2D eigenvalue weighted by atomic mass is 16.6. The van der Waals surface area contributed by atoms with Crippen LogP contribution < -0.4 is 14.8 Å². The summed E-state index contributed by atoms with van der Waals surface area (Å²) in [5.74, 6) is 1.64. The molecule has 2 fully saturated rings. The van der Waals surface area contributed by atoms with Crippen LogP contribution >= 0.6 is 0 Å². The van der Waals surface area contributed by atoms with Gasteiger partial charge in [-0.3, -0.25) is 0 Å². The van der Waals surface area contributed by atoms with Crippen LogP contribution in [0.15, 0.2) is 18.2 Å². The Labute approximate surface area is 168 Å². The molecule has 0 radical (unpaired) electrons. The molecule has 0 aromatic heterocycles. The van der Waals surface area contributed by atoms with Gasteiger partial charge >= 0.3 is 6.09 Å². The number of hydrogen-bond acceptors (Lipinski definition) is 5. The number of nitrogens with one attached hydrogen (secondary N) is 1. The van der Waals surface area contributed by atoms with E-state index in [2.05, 4.69) is 11.4 Å². The first-order valence-electron chi connectivity index (χ1n) is 10.2. The summed E-state index contributed by atoms with van der Waals surface area (Å²) < 4.78 is 16.3. The smallest absolute Gasteiger partial charge is 0.410 e. The minimum Gasteiger partial charge on any atom is -0.497 e. The van der Waals surface area contributed by atoms with Gasteiger partial charge < -0.3 is 24.4 Å². The van der Waals surface area contributed by atoms with E-state index >= 15 is 0 Å². The molecule has 2 aliphatic rings. The molecule has 6 nitrogen and oxygen atoms in total. The van der Waals surface area contributed by atoms with Crippen LogP contribution in [-0.2, 0) is 11.3 Å². The van der Waals surface area contributed by atoms with Crippen molar-refractivity contribution in [3.05, 3.63) is 23.8 Å². The summed E-state index contributed by atoms with van der Waals surface area (Å²) in [4.78, 5) is 14.3. The Kier molecular flexibility index (Phi) is 6.08. The van der Waals surface area contributed by atoms with Gasteiger partial charge in [0.1, 0.15) is 17.1 Å². The van der Waals surface area contributed by atoms with E-state index in [1.165, 1.54) is 0 Å². The van der Waals surface area contributed by atoms with Gasteiger partial charge in [0.2, 0.25) is 0 Å². The average molecular weight is 391 g/mol. The molecule has 2 unspecified atom stereocenters. The van der Waals surface area contributed by atoms with Crippen LogP contribution in [0.1, 0.15) is 52.0 Å². The molecule has 1 aromatic carbocycles. The molecule has 1 N–H and O–H groups in total. The minimum atomic E-state index is -0.440. The third-order valence-corrected chi connectivity index (χ3v) is 5.87. The summed E-state index contributed by atoms with van der Waals surface area (Å²) in [6, 6.07) is 6.40. The van der Waals surface area contributed by atoms with Gasteiger partial charge in [0, 0.05) is 37.3 Å². The van der Waals surface area contributed by atoms with Crippen LogP contribution in [0.3, 0.4) is 0 Å². The van der Waals surface area contributed by atoms with Crippen molar-refractivity contribution in [3.8, 4) is 11.5 Å². The third-order valence-electron chi connectivity index (χ3n) is 5.87. The Bertz CT molecular complexity index is 700. The normalized spacial score (nSPS) is 24.6. The number of likely N-dealkylation sites (tertiary alicyclic amines) is 1.